The van der Waals surface area contributed by atoms with Crippen LogP contribution in [0.5, 0.6) is 0 Å². The molecule has 0 saturated carbocycles. The number of cyclic esters (lactones) is 1. The molecule has 0 aliphatic carbocycles. The minimum absolute atomic E-state index is 0.0347. The van der Waals surface area contributed by atoms with Gasteiger partial charge in [0.1, 0.15) is 12.7 Å². The highest BCUT2D eigenvalue weighted by Crippen LogP contribution is 2.18. The number of hydrogen-bond donors (Lipinski definition) is 2. The van der Waals surface area contributed by atoms with Crippen molar-refractivity contribution in [2.24, 2.45) is 0 Å². The predicted molar refractivity (Wildman–Crippen MR) is 60.8 cm³/mol. The summed E-state index contributed by atoms with van der Waals surface area (Å²) in [4.78, 5) is 23.5. The van der Waals surface area contributed by atoms with Crippen molar-refractivity contribution in [1.82, 2.24) is 4.90 Å². The van der Waals surface area contributed by atoms with Gasteiger partial charge in [0.15, 0.2) is 6.04 Å². The van der Waals surface area contributed by atoms with Gasteiger partial charge in [-0.1, -0.05) is 30.3 Å². The summed E-state index contributed by atoms with van der Waals surface area (Å²) >= 11 is 0. The van der Waals surface area contributed by atoms with Gasteiger partial charge in [-0.05, 0) is 5.56 Å². The molecule has 1 saturated heterocycles. The first-order valence-electron chi connectivity index (χ1n) is 5.48. The molecular weight excluding hydrogens is 238 g/mol. The minimum Gasteiger partial charge on any atom is -0.465 e. The Balaban J connectivity index is 2.19. The predicted octanol–water partition coefficient (Wildman–Crippen LogP) is 0.453. The molecule has 1 aliphatic heterocycles. The van der Waals surface area contributed by atoms with Gasteiger partial charge in [0, 0.05) is 0 Å². The Morgan fingerprint density at radius 1 is 1.39 bits per heavy atom. The molecule has 1 amide bonds. The summed E-state index contributed by atoms with van der Waals surface area (Å²) in [5.41, 5.74) is 0.742. The fourth-order valence-corrected chi connectivity index (χ4v) is 1.90. The molecule has 2 N–H and O–H groups in total. The van der Waals surface area contributed by atoms with Crippen LogP contribution in [-0.2, 0) is 16.1 Å². The Labute approximate surface area is 103 Å². The third kappa shape index (κ3) is 2.43. The lowest BCUT2D eigenvalue weighted by atomic mass is 10.1. The average molecular weight is 251 g/mol. The second-order valence-electron chi connectivity index (χ2n) is 4.04. The maximum absolute atomic E-state index is 11.4. The van der Waals surface area contributed by atoms with Crippen molar-refractivity contribution >= 4 is 12.1 Å². The number of hydrogen-bond acceptors (Lipinski definition) is 4. The van der Waals surface area contributed by atoms with E-state index >= 15 is 0 Å². The standard InChI is InChI=1S/C12H13NO5/c14-9-7-18-11(15)10(9)13(12(16)17)6-8-4-2-1-3-5-8/h1-5,9-10,14H,6-7H2,(H,16,17)/t9-,10+/m1/s1. The van der Waals surface area contributed by atoms with E-state index in [4.69, 9.17) is 5.11 Å². The highest BCUT2D eigenvalue weighted by molar-refractivity contribution is 5.83. The maximum atomic E-state index is 11.4. The van der Waals surface area contributed by atoms with Gasteiger partial charge in [0.2, 0.25) is 0 Å². The van der Waals surface area contributed by atoms with Crippen LogP contribution < -0.4 is 0 Å². The number of esters is 1. The number of carbonyl (C=O) groups is 2. The number of carboxylic acid groups (broad SMARTS) is 1. The number of ether oxygens (including phenoxy) is 1. The molecule has 2 rings (SSSR count). The molecule has 6 heteroatoms. The van der Waals surface area contributed by atoms with Crippen molar-refractivity contribution < 1.29 is 24.5 Å². The van der Waals surface area contributed by atoms with Crippen LogP contribution in [0.15, 0.2) is 30.3 Å². The Kier molecular flexibility index (Phi) is 3.47. The Bertz CT molecular complexity index is 447. The van der Waals surface area contributed by atoms with Crippen molar-refractivity contribution in [1.29, 1.82) is 0 Å². The molecule has 1 aliphatic rings. The molecule has 1 heterocycles. The molecule has 18 heavy (non-hydrogen) atoms. The first-order valence-corrected chi connectivity index (χ1v) is 5.48. The third-order valence-electron chi connectivity index (χ3n) is 2.78. The monoisotopic (exact) mass is 251 g/mol. The molecule has 0 unspecified atom stereocenters. The van der Waals surface area contributed by atoms with E-state index in [0.29, 0.717) is 0 Å². The molecular formula is C12H13NO5. The normalized spacial score (nSPS) is 22.6. The Hall–Kier alpha value is -2.08. The van der Waals surface area contributed by atoms with E-state index in [1.807, 2.05) is 6.07 Å². The van der Waals surface area contributed by atoms with Crippen molar-refractivity contribution in [2.45, 2.75) is 18.7 Å². The minimum atomic E-state index is -1.26. The van der Waals surface area contributed by atoms with Crippen molar-refractivity contribution in [3.8, 4) is 0 Å². The van der Waals surface area contributed by atoms with Crippen LogP contribution in [0.2, 0.25) is 0 Å². The number of benzene rings is 1. The van der Waals surface area contributed by atoms with Crippen LogP contribution in [0.25, 0.3) is 0 Å². The van der Waals surface area contributed by atoms with Gasteiger partial charge in [0.05, 0.1) is 6.54 Å². The van der Waals surface area contributed by atoms with E-state index < -0.39 is 24.2 Å². The molecule has 96 valence electrons. The van der Waals surface area contributed by atoms with Gasteiger partial charge in [0.25, 0.3) is 0 Å². The zero-order valence-corrected chi connectivity index (χ0v) is 9.52. The number of amides is 1. The van der Waals surface area contributed by atoms with E-state index in [1.165, 1.54) is 0 Å². The molecule has 1 aromatic carbocycles. The van der Waals surface area contributed by atoms with Gasteiger partial charge in [-0.2, -0.15) is 0 Å². The smallest absolute Gasteiger partial charge is 0.408 e. The summed E-state index contributed by atoms with van der Waals surface area (Å²) in [7, 11) is 0. The molecule has 1 aromatic rings. The zero-order valence-electron chi connectivity index (χ0n) is 9.52. The van der Waals surface area contributed by atoms with Crippen molar-refractivity contribution in [2.75, 3.05) is 6.61 Å². The summed E-state index contributed by atoms with van der Waals surface area (Å²) in [6.45, 7) is -0.130. The SMILES string of the molecule is O=C1OC[C@@H](O)[C@@H]1N(Cc1ccccc1)C(=O)O. The quantitative estimate of drug-likeness (QED) is 0.762. The van der Waals surface area contributed by atoms with Gasteiger partial charge < -0.3 is 14.9 Å². The molecule has 2 atom stereocenters. The number of aliphatic hydroxyl groups is 1. The van der Waals surface area contributed by atoms with Crippen LogP contribution in [0.3, 0.4) is 0 Å². The first-order chi connectivity index (χ1) is 8.59. The van der Waals surface area contributed by atoms with E-state index in [-0.39, 0.29) is 13.2 Å². The summed E-state index contributed by atoms with van der Waals surface area (Å²) in [6, 6.07) is 7.72. The van der Waals surface area contributed by atoms with E-state index in [1.54, 1.807) is 24.3 Å². The fraction of sp³-hybridized carbons (Fsp3) is 0.333. The van der Waals surface area contributed by atoms with Gasteiger partial charge >= 0.3 is 12.1 Å². The molecule has 6 nitrogen and oxygen atoms in total. The highest BCUT2D eigenvalue weighted by Gasteiger charge is 2.42. The Morgan fingerprint density at radius 2 is 2.06 bits per heavy atom. The van der Waals surface area contributed by atoms with Crippen molar-refractivity contribution in [3.63, 3.8) is 0 Å². The van der Waals surface area contributed by atoms with Gasteiger partial charge in [-0.25, -0.2) is 9.59 Å². The molecule has 0 spiro atoms. The number of rotatable bonds is 3. The average Bonchev–Trinajstić information content (AvgIpc) is 2.67. The van der Waals surface area contributed by atoms with Crippen LogP contribution >= 0.6 is 0 Å². The second kappa shape index (κ2) is 5.05. The molecule has 1 fully saturated rings. The van der Waals surface area contributed by atoms with Crippen LogP contribution in [0, 0.1) is 0 Å². The topological polar surface area (TPSA) is 87.1 Å². The zero-order chi connectivity index (χ0) is 13.1. The van der Waals surface area contributed by atoms with Gasteiger partial charge in [-0.15, -0.1) is 0 Å². The largest absolute Gasteiger partial charge is 0.465 e. The molecule has 0 radical (unpaired) electrons. The highest BCUT2D eigenvalue weighted by atomic mass is 16.6. The van der Waals surface area contributed by atoms with E-state index in [9.17, 15) is 14.7 Å². The third-order valence-corrected chi connectivity index (χ3v) is 2.78. The van der Waals surface area contributed by atoms with Gasteiger partial charge in [-0.3, -0.25) is 4.90 Å². The van der Waals surface area contributed by atoms with Crippen molar-refractivity contribution in [3.05, 3.63) is 35.9 Å². The summed E-state index contributed by atoms with van der Waals surface area (Å²) < 4.78 is 4.65. The summed E-state index contributed by atoms with van der Waals surface area (Å²) in [5, 5.41) is 18.7. The second-order valence-corrected chi connectivity index (χ2v) is 4.04. The lowest BCUT2D eigenvalue weighted by Crippen LogP contribution is -2.47. The number of aliphatic hydroxyl groups excluding tert-OH is 1. The van der Waals surface area contributed by atoms with Crippen LogP contribution in [0.1, 0.15) is 5.56 Å². The molecule has 0 aromatic heterocycles. The fourth-order valence-electron chi connectivity index (χ4n) is 1.90. The molecule has 0 bridgehead atoms. The lowest BCUT2D eigenvalue weighted by molar-refractivity contribution is -0.142. The first kappa shape index (κ1) is 12.4. The maximum Gasteiger partial charge on any atom is 0.408 e. The lowest BCUT2D eigenvalue weighted by Gasteiger charge is -2.25. The number of carbonyl (C=O) groups excluding carboxylic acids is 1. The summed E-state index contributed by atoms with van der Waals surface area (Å²) in [6.07, 6.45) is -2.38. The summed E-state index contributed by atoms with van der Waals surface area (Å²) in [5.74, 6) is -0.708. The van der Waals surface area contributed by atoms with E-state index in [0.717, 1.165) is 10.5 Å². The van der Waals surface area contributed by atoms with Crippen LogP contribution in [0.4, 0.5) is 4.79 Å². The van der Waals surface area contributed by atoms with Crippen LogP contribution in [-0.4, -0.2) is 45.9 Å². The number of nitrogens with zero attached hydrogens (tertiary/aromatic N) is 1. The Morgan fingerprint density at radius 3 is 2.56 bits per heavy atom. The van der Waals surface area contributed by atoms with E-state index in [2.05, 4.69) is 4.74 Å².